The number of aromatic carboxylic acids is 1. The number of carbonyl (C=O) groups is 1. The highest BCUT2D eigenvalue weighted by molar-refractivity contribution is 5.88. The maximum absolute atomic E-state index is 12.5. The lowest BCUT2D eigenvalue weighted by Crippen LogP contribution is -2.18. The van der Waals surface area contributed by atoms with Gasteiger partial charge in [0.15, 0.2) is 0 Å². The number of carboxylic acids is 1. The lowest BCUT2D eigenvalue weighted by atomic mass is 10.1. The summed E-state index contributed by atoms with van der Waals surface area (Å²) in [6.45, 7) is 0.314. The van der Waals surface area contributed by atoms with Crippen molar-refractivity contribution in [1.29, 1.82) is 0 Å². The Bertz CT molecular complexity index is 669. The van der Waals surface area contributed by atoms with E-state index in [1.807, 2.05) is 0 Å². The van der Waals surface area contributed by atoms with E-state index in [1.54, 1.807) is 11.9 Å². The number of benzene rings is 1. The molecule has 0 atom stereocenters. The third kappa shape index (κ3) is 3.75. The maximum Gasteiger partial charge on any atom is 0.416 e. The number of alkyl halides is 3. The van der Waals surface area contributed by atoms with Crippen LogP contribution in [0.15, 0.2) is 42.6 Å². The van der Waals surface area contributed by atoms with Crippen LogP contribution in [0.3, 0.4) is 0 Å². The summed E-state index contributed by atoms with van der Waals surface area (Å²) in [4.78, 5) is 16.6. The second kappa shape index (κ2) is 6.05. The van der Waals surface area contributed by atoms with Gasteiger partial charge in [-0.05, 0) is 29.8 Å². The van der Waals surface area contributed by atoms with Crippen molar-refractivity contribution in [2.45, 2.75) is 12.7 Å². The van der Waals surface area contributed by atoms with Crippen LogP contribution >= 0.6 is 0 Å². The van der Waals surface area contributed by atoms with Gasteiger partial charge in [0.05, 0.1) is 11.1 Å². The average Bonchev–Trinajstić information content (AvgIpc) is 2.47. The Balaban J connectivity index is 2.13. The lowest BCUT2D eigenvalue weighted by Gasteiger charge is -2.18. The van der Waals surface area contributed by atoms with E-state index in [-0.39, 0.29) is 5.56 Å². The Morgan fingerprint density at radius 1 is 1.23 bits per heavy atom. The first-order valence-corrected chi connectivity index (χ1v) is 6.34. The van der Waals surface area contributed by atoms with Crippen molar-refractivity contribution in [2.75, 3.05) is 11.9 Å². The Hall–Kier alpha value is -2.57. The molecule has 0 aliphatic carbocycles. The summed E-state index contributed by atoms with van der Waals surface area (Å²) in [6, 6.07) is 7.60. The number of hydrogen-bond donors (Lipinski definition) is 1. The van der Waals surface area contributed by atoms with Crippen LogP contribution in [-0.4, -0.2) is 23.1 Å². The monoisotopic (exact) mass is 310 g/mol. The van der Waals surface area contributed by atoms with Gasteiger partial charge in [-0.15, -0.1) is 0 Å². The van der Waals surface area contributed by atoms with Gasteiger partial charge in [-0.2, -0.15) is 13.2 Å². The Kier molecular flexibility index (Phi) is 4.35. The van der Waals surface area contributed by atoms with Crippen molar-refractivity contribution in [3.05, 3.63) is 59.3 Å². The smallest absolute Gasteiger partial charge is 0.416 e. The largest absolute Gasteiger partial charge is 0.478 e. The summed E-state index contributed by atoms with van der Waals surface area (Å²) in [5.41, 5.74) is 0.0622. The van der Waals surface area contributed by atoms with Gasteiger partial charge < -0.3 is 10.0 Å². The van der Waals surface area contributed by atoms with E-state index in [2.05, 4.69) is 4.98 Å². The van der Waals surface area contributed by atoms with E-state index in [0.29, 0.717) is 17.9 Å². The van der Waals surface area contributed by atoms with Gasteiger partial charge in [-0.3, -0.25) is 0 Å². The number of halogens is 3. The van der Waals surface area contributed by atoms with E-state index >= 15 is 0 Å². The van der Waals surface area contributed by atoms with Crippen molar-refractivity contribution >= 4 is 11.8 Å². The zero-order valence-corrected chi connectivity index (χ0v) is 11.6. The van der Waals surface area contributed by atoms with Gasteiger partial charge in [0.1, 0.15) is 5.82 Å². The first kappa shape index (κ1) is 15.8. The van der Waals surface area contributed by atoms with Crippen LogP contribution in [-0.2, 0) is 12.7 Å². The predicted molar refractivity (Wildman–Crippen MR) is 74.7 cm³/mol. The van der Waals surface area contributed by atoms with Gasteiger partial charge in [0.2, 0.25) is 0 Å². The molecule has 4 nitrogen and oxygen atoms in total. The third-order valence-electron chi connectivity index (χ3n) is 3.08. The molecule has 0 bridgehead atoms. The first-order chi connectivity index (χ1) is 10.3. The number of carboxylic acid groups (broad SMARTS) is 1. The standard InChI is InChI=1S/C15H13F3N2O2/c1-20(13-8-11(14(21)22)6-7-19-13)9-10-2-4-12(5-3-10)15(16,17)18/h2-8H,9H2,1H3,(H,21,22). The van der Waals surface area contributed by atoms with Gasteiger partial charge in [-0.25, -0.2) is 9.78 Å². The summed E-state index contributed by atoms with van der Waals surface area (Å²) in [7, 11) is 1.69. The SMILES string of the molecule is CN(Cc1ccc(C(F)(F)F)cc1)c1cc(C(=O)O)ccn1. The minimum Gasteiger partial charge on any atom is -0.478 e. The summed E-state index contributed by atoms with van der Waals surface area (Å²) >= 11 is 0. The van der Waals surface area contributed by atoms with Crippen molar-refractivity contribution in [3.63, 3.8) is 0 Å². The molecule has 2 aromatic rings. The number of anilines is 1. The zero-order chi connectivity index (χ0) is 16.3. The lowest BCUT2D eigenvalue weighted by molar-refractivity contribution is -0.137. The number of pyridine rings is 1. The van der Waals surface area contributed by atoms with E-state index in [1.165, 1.54) is 30.5 Å². The number of hydrogen-bond acceptors (Lipinski definition) is 3. The Morgan fingerprint density at radius 3 is 2.41 bits per heavy atom. The van der Waals surface area contributed by atoms with Crippen LogP contribution < -0.4 is 4.90 Å². The van der Waals surface area contributed by atoms with Crippen LogP contribution in [0.25, 0.3) is 0 Å². The molecule has 0 saturated carbocycles. The highest BCUT2D eigenvalue weighted by Gasteiger charge is 2.29. The van der Waals surface area contributed by atoms with Crippen LogP contribution in [0.1, 0.15) is 21.5 Å². The average molecular weight is 310 g/mol. The molecule has 2 rings (SSSR count). The topological polar surface area (TPSA) is 53.4 Å². The van der Waals surface area contributed by atoms with E-state index in [0.717, 1.165) is 12.1 Å². The molecule has 1 aromatic heterocycles. The predicted octanol–water partition coefficient (Wildman–Crippen LogP) is 3.44. The summed E-state index contributed by atoms with van der Waals surface area (Å²) in [5, 5.41) is 8.93. The number of nitrogens with zero attached hydrogens (tertiary/aromatic N) is 2. The molecule has 0 amide bonds. The summed E-state index contributed by atoms with van der Waals surface area (Å²) in [5.74, 6) is -0.633. The van der Waals surface area contributed by atoms with E-state index in [4.69, 9.17) is 5.11 Å². The van der Waals surface area contributed by atoms with Crippen molar-refractivity contribution in [3.8, 4) is 0 Å². The highest BCUT2D eigenvalue weighted by Crippen LogP contribution is 2.29. The molecule has 22 heavy (non-hydrogen) atoms. The van der Waals surface area contributed by atoms with Crippen LogP contribution in [0.5, 0.6) is 0 Å². The van der Waals surface area contributed by atoms with E-state index in [9.17, 15) is 18.0 Å². The molecule has 0 saturated heterocycles. The van der Waals surface area contributed by atoms with Crippen LogP contribution in [0, 0.1) is 0 Å². The molecule has 0 aliphatic rings. The number of aromatic nitrogens is 1. The van der Waals surface area contributed by atoms with Crippen LogP contribution in [0.4, 0.5) is 19.0 Å². The molecular weight excluding hydrogens is 297 g/mol. The summed E-state index contributed by atoms with van der Waals surface area (Å²) in [6.07, 6.45) is -2.98. The molecule has 7 heteroatoms. The van der Waals surface area contributed by atoms with Crippen molar-refractivity contribution in [1.82, 2.24) is 4.98 Å². The Labute approximate surface area is 124 Å². The van der Waals surface area contributed by atoms with Crippen molar-refractivity contribution < 1.29 is 23.1 Å². The van der Waals surface area contributed by atoms with Crippen LogP contribution in [0.2, 0.25) is 0 Å². The normalized spacial score (nSPS) is 11.3. The molecule has 116 valence electrons. The molecule has 0 fully saturated rings. The fraction of sp³-hybridized carbons (Fsp3) is 0.200. The minimum atomic E-state index is -4.36. The molecule has 0 aliphatic heterocycles. The van der Waals surface area contributed by atoms with Gasteiger partial charge in [-0.1, -0.05) is 12.1 Å². The molecule has 0 spiro atoms. The fourth-order valence-corrected chi connectivity index (χ4v) is 1.91. The molecule has 1 heterocycles. The molecule has 0 radical (unpaired) electrons. The van der Waals surface area contributed by atoms with E-state index < -0.39 is 17.7 Å². The van der Waals surface area contributed by atoms with Gasteiger partial charge >= 0.3 is 12.1 Å². The third-order valence-corrected chi connectivity index (χ3v) is 3.08. The molecule has 1 N–H and O–H groups in total. The van der Waals surface area contributed by atoms with Gasteiger partial charge in [0.25, 0.3) is 0 Å². The quantitative estimate of drug-likeness (QED) is 0.940. The molecule has 1 aromatic carbocycles. The Morgan fingerprint density at radius 2 is 1.86 bits per heavy atom. The number of rotatable bonds is 4. The fourth-order valence-electron chi connectivity index (χ4n) is 1.91. The zero-order valence-electron chi connectivity index (χ0n) is 11.6. The molecule has 0 unspecified atom stereocenters. The highest BCUT2D eigenvalue weighted by atomic mass is 19.4. The second-order valence-electron chi connectivity index (χ2n) is 4.76. The molecular formula is C15H13F3N2O2. The first-order valence-electron chi connectivity index (χ1n) is 6.34. The maximum atomic E-state index is 12.5. The second-order valence-corrected chi connectivity index (χ2v) is 4.76. The van der Waals surface area contributed by atoms with Gasteiger partial charge in [0, 0.05) is 19.8 Å². The summed E-state index contributed by atoms with van der Waals surface area (Å²) < 4.78 is 37.5. The van der Waals surface area contributed by atoms with Crippen molar-refractivity contribution in [2.24, 2.45) is 0 Å². The minimum absolute atomic E-state index is 0.101.